The molecule has 10 atom stereocenters. The second-order valence-electron chi connectivity index (χ2n) is 17.0. The van der Waals surface area contributed by atoms with Crippen molar-refractivity contribution < 1.29 is 54.6 Å². The van der Waals surface area contributed by atoms with Crippen molar-refractivity contribution in [3.63, 3.8) is 0 Å². The largest absolute Gasteiger partial charge is 0.488 e. The van der Waals surface area contributed by atoms with E-state index in [1.807, 2.05) is 33.9 Å². The van der Waals surface area contributed by atoms with Crippen LogP contribution in [0.5, 0.6) is 0 Å². The Morgan fingerprint density at radius 1 is 1.03 bits per heavy atom. The first-order valence-corrected chi connectivity index (χ1v) is 26.6. The Balaban J connectivity index is 1.15. The fraction of sp³-hybridized carbons (Fsp3) is 0.500. The van der Waals surface area contributed by atoms with Crippen LogP contribution in [0.15, 0.2) is 60.3 Å². The fourth-order valence-electron chi connectivity index (χ4n) is 7.31. The third kappa shape index (κ3) is 10.2. The van der Waals surface area contributed by atoms with E-state index in [2.05, 4.69) is 39.9 Å². The van der Waals surface area contributed by atoms with Crippen molar-refractivity contribution in [3.05, 3.63) is 100 Å². The lowest BCUT2D eigenvalue weighted by atomic mass is 10.1. The molecule has 4 unspecified atom stereocenters. The maximum atomic E-state index is 17.2. The summed E-state index contributed by atoms with van der Waals surface area (Å²) in [6, 6.07) is 8.46. The van der Waals surface area contributed by atoms with Crippen molar-refractivity contribution in [2.45, 2.75) is 88.1 Å². The van der Waals surface area contributed by atoms with Gasteiger partial charge in [0.15, 0.2) is 68.1 Å². The van der Waals surface area contributed by atoms with E-state index in [4.69, 9.17) is 61.8 Å². The van der Waals surface area contributed by atoms with Crippen LogP contribution < -0.4 is 10.9 Å². The lowest BCUT2D eigenvalue weighted by Gasteiger charge is -2.41. The number of hydrogen-bond donors (Lipinski definition) is 2. The number of aromatic nitrogens is 7. The van der Waals surface area contributed by atoms with Crippen molar-refractivity contribution in [1.29, 1.82) is 0 Å². The Morgan fingerprint density at radius 3 is 2.51 bits per heavy atom. The zero-order valence-corrected chi connectivity index (χ0v) is 39.6. The van der Waals surface area contributed by atoms with Crippen LogP contribution in [-0.4, -0.2) is 132 Å². The number of halogens is 2. The summed E-state index contributed by atoms with van der Waals surface area (Å²) in [4.78, 5) is 52.2. The van der Waals surface area contributed by atoms with E-state index in [1.54, 1.807) is 30.3 Å². The molecule has 21 nitrogen and oxygen atoms in total. The predicted octanol–water partition coefficient (Wildman–Crippen LogP) is 6.24. The highest BCUT2D eigenvalue weighted by Crippen LogP contribution is 2.62. The monoisotopic (exact) mass is 981 g/mol. The zero-order valence-electron chi connectivity index (χ0n) is 36.9. The summed E-state index contributed by atoms with van der Waals surface area (Å²) in [7, 11) is -2.53. The molecule has 0 bridgehead atoms. The first-order chi connectivity index (χ1) is 32.0. The van der Waals surface area contributed by atoms with Gasteiger partial charge in [0.1, 0.15) is 49.3 Å². The molecule has 3 aliphatic rings. The van der Waals surface area contributed by atoms with Gasteiger partial charge in [0.2, 0.25) is 13.1 Å². The Bertz CT molecular complexity index is 2730. The second-order valence-corrected chi connectivity index (χ2v) is 24.8. The zero-order chi connectivity index (χ0) is 47.7. The van der Waals surface area contributed by atoms with Crippen LogP contribution in [0.3, 0.4) is 0 Å². The van der Waals surface area contributed by atoms with Gasteiger partial charge in [0.05, 0.1) is 19.3 Å². The summed E-state index contributed by atoms with van der Waals surface area (Å²) >= 11 is 0. The lowest BCUT2D eigenvalue weighted by Crippen LogP contribution is -2.49. The minimum Gasteiger partial charge on any atom is -0.407 e. The van der Waals surface area contributed by atoms with Crippen LogP contribution in [0.2, 0.25) is 18.1 Å². The number of fused-ring (bicyclic) bond motifs is 4. The van der Waals surface area contributed by atoms with Crippen molar-refractivity contribution in [2.75, 3.05) is 44.8 Å². The molecule has 2 radical (unpaired) electrons. The first kappa shape index (κ1) is 48.7. The van der Waals surface area contributed by atoms with Gasteiger partial charge in [0.25, 0.3) is 11.5 Å². The number of ether oxygens (including phenoxy) is 2. The molecule has 3 aliphatic heterocycles. The average molecular weight is 982 g/mol. The van der Waals surface area contributed by atoms with Gasteiger partial charge in [-0.3, -0.25) is 14.2 Å². The minimum atomic E-state index is -4.13. The number of benzene rings is 1. The summed E-state index contributed by atoms with van der Waals surface area (Å²) in [5, 5.41) is 2.05. The maximum absolute atomic E-state index is 17.2. The number of rotatable bonds is 12. The van der Waals surface area contributed by atoms with Gasteiger partial charge < -0.3 is 52.0 Å². The van der Waals surface area contributed by atoms with E-state index in [1.165, 1.54) is 21.8 Å². The summed E-state index contributed by atoms with van der Waals surface area (Å²) in [5.41, 5.74) is -0.131. The molecule has 8 rings (SSSR count). The molecule has 67 heavy (non-hydrogen) atoms. The van der Waals surface area contributed by atoms with Crippen molar-refractivity contribution in [3.8, 4) is 0 Å². The Morgan fingerprint density at radius 2 is 1.76 bits per heavy atom. The maximum Gasteiger partial charge on any atom is 0.488 e. The molecule has 2 N–H and O–H groups in total. The van der Waals surface area contributed by atoms with Crippen LogP contribution in [0.25, 0.3) is 31.9 Å². The van der Waals surface area contributed by atoms with Gasteiger partial charge in [-0.05, 0) is 30.3 Å². The number of anilines is 1. The number of imidazole rings is 1. The third-order valence-electron chi connectivity index (χ3n) is 11.6. The van der Waals surface area contributed by atoms with Gasteiger partial charge in [-0.25, -0.2) is 41.9 Å². The quantitative estimate of drug-likeness (QED) is 0.0613. The number of hydrogen-bond acceptors (Lipinski definition) is 15. The van der Waals surface area contributed by atoms with Gasteiger partial charge in [-0.15, -0.1) is 0 Å². The highest BCUT2D eigenvalue weighted by atomic mass is 31.2. The van der Waals surface area contributed by atoms with E-state index in [-0.39, 0.29) is 59.4 Å². The smallest absolute Gasteiger partial charge is 0.407 e. The second kappa shape index (κ2) is 20.1. The molecule has 0 spiro atoms. The normalized spacial score (nSPS) is 28.2. The molecule has 1 amide bonds. The summed E-state index contributed by atoms with van der Waals surface area (Å²) in [5.74, 6) is -1.25. The van der Waals surface area contributed by atoms with E-state index >= 15 is 8.78 Å². The molecule has 3 saturated heterocycles. The Kier molecular flexibility index (Phi) is 14.6. The van der Waals surface area contributed by atoms with Crippen LogP contribution in [0, 0.1) is 19.0 Å². The standard InChI is InChI=1S/C40H46BF2N10O11P2Si/c1-40(2,3)67(6,7)64-32-31-26(61-39(32)52-17-24(42)27-34(52)47-21-49-37(27)55)19-59-66(41,58-16-14-45-5)63-30-25(18-57-65(62-31)56-15-13-44-4)60-38(28(30)43)53-22-50-29-33(46-20-48-35(29)53)51-36(54)23-11-9-8-10-12-23/h8-12,17,20-22,25-26,28,30-32,38-39H,13-16,18-19H2,1-3,6-7H3,(H,47,49,55)(H,46,48,51,54)/q+1/t25-,26-,28+,30?,31?,32+,38-,39-,65?,66?/m1/s1. The van der Waals surface area contributed by atoms with Crippen LogP contribution >= 0.6 is 16.4 Å². The van der Waals surface area contributed by atoms with Crippen molar-refractivity contribution in [1.82, 2.24) is 34.1 Å². The number of aromatic amines is 1. The number of nitrogens with zero attached hydrogens (tertiary/aromatic N) is 8. The highest BCUT2D eigenvalue weighted by molar-refractivity contribution is 7.85. The van der Waals surface area contributed by atoms with E-state index in [9.17, 15) is 9.59 Å². The average Bonchev–Trinajstić information content (AvgIpc) is 4.04. The molecule has 27 heteroatoms. The summed E-state index contributed by atoms with van der Waals surface area (Å²) in [6.07, 6.45) is -6.22. The SMILES string of the molecule is [B][P+]1(OCC[N+]#[C-])OC[C@H]2O[C@@H](n3cc(F)c4c(=O)[nH]cnc43)[C@@H](O[Si](C)(C)C(C)(C)C)C2OP(OCC[N+]#[C-])OC[C@H]2O[C@@H](n3cnc4c(NC(=O)c5ccccc5)ncnc43)[C@@H](F)C2O1. The Labute approximate surface area is 386 Å². The van der Waals surface area contributed by atoms with Crippen molar-refractivity contribution in [2.24, 2.45) is 0 Å². The summed E-state index contributed by atoms with van der Waals surface area (Å²) < 4.78 is 93.1. The topological polar surface area (TPSA) is 215 Å². The first-order valence-electron chi connectivity index (χ1n) is 21.0. The predicted molar refractivity (Wildman–Crippen MR) is 241 cm³/mol. The molecule has 1 aromatic carbocycles. The molecule has 7 heterocycles. The van der Waals surface area contributed by atoms with Crippen LogP contribution in [-0.2, 0) is 41.0 Å². The number of alkyl halides is 1. The van der Waals surface area contributed by atoms with E-state index in [0.717, 1.165) is 12.5 Å². The Hall–Kier alpha value is -4.72. The van der Waals surface area contributed by atoms with Crippen LogP contribution in [0.1, 0.15) is 43.6 Å². The number of amides is 1. The van der Waals surface area contributed by atoms with E-state index in [0.29, 0.717) is 5.56 Å². The van der Waals surface area contributed by atoms with Gasteiger partial charge in [-0.2, -0.15) is 13.6 Å². The molecular formula is C40H46BF2N10O11P2Si+. The highest BCUT2D eigenvalue weighted by Gasteiger charge is 2.59. The number of H-pyrrole nitrogens is 1. The summed E-state index contributed by atoms with van der Waals surface area (Å²) in [6.45, 7) is 23.3. The molecule has 352 valence electrons. The van der Waals surface area contributed by atoms with E-state index < -0.39 is 104 Å². The number of carbonyl (C=O) groups excluding carboxylic acids is 1. The van der Waals surface area contributed by atoms with Gasteiger partial charge in [0, 0.05) is 11.8 Å². The molecular weight excluding hydrogens is 935 g/mol. The molecule has 3 fully saturated rings. The minimum absolute atomic E-state index is 0.0366. The molecule has 5 aromatic rings. The lowest BCUT2D eigenvalue weighted by molar-refractivity contribution is -0.0616. The number of carbonyl (C=O) groups is 1. The van der Waals surface area contributed by atoms with Crippen molar-refractivity contribution >= 4 is 66.2 Å². The van der Waals surface area contributed by atoms with Gasteiger partial charge >= 0.3 is 24.0 Å². The molecule has 0 aliphatic carbocycles. The fourth-order valence-corrected chi connectivity index (χ4v) is 11.2. The molecule has 4 aromatic heterocycles. The van der Waals surface area contributed by atoms with Crippen LogP contribution in [0.4, 0.5) is 14.6 Å². The van der Waals surface area contributed by atoms with Gasteiger partial charge in [-0.1, -0.05) is 39.0 Å². The third-order valence-corrected chi connectivity index (χ3v) is 18.9. The molecule has 0 saturated carbocycles. The number of nitrogens with one attached hydrogen (secondary N) is 2.